The lowest BCUT2D eigenvalue weighted by molar-refractivity contribution is -0.143. The van der Waals surface area contributed by atoms with Gasteiger partial charge in [-0.3, -0.25) is 9.59 Å². The number of carboxylic acids is 1. The number of amides is 1. The number of hydrogen-bond acceptors (Lipinski definition) is 3. The lowest BCUT2D eigenvalue weighted by Gasteiger charge is -2.26. The van der Waals surface area contributed by atoms with Gasteiger partial charge in [0.2, 0.25) is 5.91 Å². The standard InChI is InChI=1S/C18H25NO4/c1-12(14-4-8-16(23-3)9-5-14)10-17(20)19(15-6-7-15)11-13(2)18(21)22/h4-5,8-9,12-13,15H,6-7,10-11H2,1-3H3,(H,21,22). The maximum Gasteiger partial charge on any atom is 0.308 e. The summed E-state index contributed by atoms with van der Waals surface area (Å²) in [7, 11) is 1.62. The van der Waals surface area contributed by atoms with Crippen LogP contribution in [0.2, 0.25) is 0 Å². The number of aliphatic carboxylic acids is 1. The highest BCUT2D eigenvalue weighted by atomic mass is 16.5. The summed E-state index contributed by atoms with van der Waals surface area (Å²) in [5, 5.41) is 9.07. The Kier molecular flexibility index (Phi) is 5.64. The van der Waals surface area contributed by atoms with Gasteiger partial charge in [-0.2, -0.15) is 0 Å². The summed E-state index contributed by atoms with van der Waals surface area (Å²) < 4.78 is 5.14. The number of hydrogen-bond donors (Lipinski definition) is 1. The van der Waals surface area contributed by atoms with Crippen LogP contribution in [-0.2, 0) is 9.59 Å². The van der Waals surface area contributed by atoms with E-state index in [0.717, 1.165) is 24.2 Å². The second-order valence-corrected chi connectivity index (χ2v) is 6.39. The van der Waals surface area contributed by atoms with E-state index in [1.807, 2.05) is 31.2 Å². The lowest BCUT2D eigenvalue weighted by atomic mass is 9.97. The third-order valence-electron chi connectivity index (χ3n) is 4.37. The topological polar surface area (TPSA) is 66.8 Å². The molecule has 0 aliphatic heterocycles. The van der Waals surface area contributed by atoms with Crippen molar-refractivity contribution in [3.8, 4) is 5.75 Å². The van der Waals surface area contributed by atoms with E-state index in [4.69, 9.17) is 9.84 Å². The highest BCUT2D eigenvalue weighted by Gasteiger charge is 2.34. The Labute approximate surface area is 137 Å². The van der Waals surface area contributed by atoms with Crippen molar-refractivity contribution in [3.05, 3.63) is 29.8 Å². The van der Waals surface area contributed by atoms with Gasteiger partial charge in [0, 0.05) is 19.0 Å². The lowest BCUT2D eigenvalue weighted by Crippen LogP contribution is -2.39. The van der Waals surface area contributed by atoms with Crippen molar-refractivity contribution < 1.29 is 19.4 Å². The van der Waals surface area contributed by atoms with Crippen LogP contribution in [0.25, 0.3) is 0 Å². The quantitative estimate of drug-likeness (QED) is 0.800. The molecule has 23 heavy (non-hydrogen) atoms. The van der Waals surface area contributed by atoms with Gasteiger partial charge in [-0.25, -0.2) is 0 Å². The van der Waals surface area contributed by atoms with Gasteiger partial charge in [0.25, 0.3) is 0 Å². The molecule has 0 saturated heterocycles. The third kappa shape index (κ3) is 4.71. The third-order valence-corrected chi connectivity index (χ3v) is 4.37. The molecule has 2 rings (SSSR count). The second-order valence-electron chi connectivity index (χ2n) is 6.39. The first-order chi connectivity index (χ1) is 10.9. The first kappa shape index (κ1) is 17.3. The monoisotopic (exact) mass is 319 g/mol. The molecule has 1 saturated carbocycles. The molecule has 0 radical (unpaired) electrons. The number of carbonyl (C=O) groups excluding carboxylic acids is 1. The average molecular weight is 319 g/mol. The van der Waals surface area contributed by atoms with Crippen molar-refractivity contribution in [1.29, 1.82) is 0 Å². The summed E-state index contributed by atoms with van der Waals surface area (Å²) in [6.45, 7) is 3.97. The van der Waals surface area contributed by atoms with Crippen LogP contribution >= 0.6 is 0 Å². The van der Waals surface area contributed by atoms with Crippen molar-refractivity contribution >= 4 is 11.9 Å². The zero-order valence-electron chi connectivity index (χ0n) is 14.0. The molecule has 1 aromatic rings. The zero-order valence-corrected chi connectivity index (χ0v) is 14.0. The number of nitrogens with zero attached hydrogens (tertiary/aromatic N) is 1. The summed E-state index contributed by atoms with van der Waals surface area (Å²) in [6.07, 6.45) is 2.36. The summed E-state index contributed by atoms with van der Waals surface area (Å²) in [5.74, 6) is -0.455. The van der Waals surface area contributed by atoms with Crippen LogP contribution < -0.4 is 4.74 Å². The van der Waals surface area contributed by atoms with Crippen LogP contribution in [-0.4, -0.2) is 41.6 Å². The molecule has 126 valence electrons. The number of carbonyl (C=O) groups is 2. The van der Waals surface area contributed by atoms with Crippen LogP contribution in [0.15, 0.2) is 24.3 Å². The number of carboxylic acid groups (broad SMARTS) is 1. The Hall–Kier alpha value is -2.04. The first-order valence-corrected chi connectivity index (χ1v) is 8.08. The molecule has 2 atom stereocenters. The Morgan fingerprint density at radius 2 is 1.87 bits per heavy atom. The Morgan fingerprint density at radius 3 is 2.35 bits per heavy atom. The van der Waals surface area contributed by atoms with Gasteiger partial charge in [0.15, 0.2) is 0 Å². The number of ether oxygens (including phenoxy) is 1. The Morgan fingerprint density at radius 1 is 1.26 bits per heavy atom. The molecular formula is C18H25NO4. The largest absolute Gasteiger partial charge is 0.497 e. The fourth-order valence-corrected chi connectivity index (χ4v) is 2.64. The van der Waals surface area contributed by atoms with E-state index in [0.29, 0.717) is 13.0 Å². The zero-order chi connectivity index (χ0) is 17.0. The van der Waals surface area contributed by atoms with Crippen LogP contribution in [0.1, 0.15) is 44.6 Å². The van der Waals surface area contributed by atoms with Crippen molar-refractivity contribution in [2.75, 3.05) is 13.7 Å². The molecule has 1 aliphatic rings. The minimum atomic E-state index is -0.855. The molecule has 1 aliphatic carbocycles. The maximum absolute atomic E-state index is 12.6. The van der Waals surface area contributed by atoms with E-state index in [2.05, 4.69) is 0 Å². The predicted octanol–water partition coefficient (Wildman–Crippen LogP) is 2.90. The normalized spacial score (nSPS) is 16.5. The molecular weight excluding hydrogens is 294 g/mol. The Bertz CT molecular complexity index is 551. The van der Waals surface area contributed by atoms with Gasteiger partial charge in [0.1, 0.15) is 5.75 Å². The predicted molar refractivity (Wildman–Crippen MR) is 87.6 cm³/mol. The molecule has 5 nitrogen and oxygen atoms in total. The van der Waals surface area contributed by atoms with Crippen LogP contribution in [0, 0.1) is 5.92 Å². The second kappa shape index (κ2) is 7.49. The van der Waals surface area contributed by atoms with Gasteiger partial charge in [-0.05, 0) is 36.5 Å². The van der Waals surface area contributed by atoms with E-state index >= 15 is 0 Å². The number of rotatable bonds is 8. The SMILES string of the molecule is COc1ccc(C(C)CC(=O)N(CC(C)C(=O)O)C2CC2)cc1. The van der Waals surface area contributed by atoms with E-state index in [9.17, 15) is 9.59 Å². The fraction of sp³-hybridized carbons (Fsp3) is 0.556. The van der Waals surface area contributed by atoms with Crippen LogP contribution in [0.5, 0.6) is 5.75 Å². The van der Waals surface area contributed by atoms with Crippen molar-refractivity contribution in [3.63, 3.8) is 0 Å². The highest BCUT2D eigenvalue weighted by molar-refractivity contribution is 5.79. The average Bonchev–Trinajstić information content (AvgIpc) is 3.36. The molecule has 5 heteroatoms. The molecule has 0 spiro atoms. The van der Waals surface area contributed by atoms with Gasteiger partial charge >= 0.3 is 5.97 Å². The summed E-state index contributed by atoms with van der Waals surface area (Å²) in [4.78, 5) is 25.4. The van der Waals surface area contributed by atoms with Gasteiger partial charge in [-0.1, -0.05) is 26.0 Å². The molecule has 0 aromatic heterocycles. The summed E-state index contributed by atoms with van der Waals surface area (Å²) >= 11 is 0. The molecule has 1 aromatic carbocycles. The molecule has 1 fully saturated rings. The fourth-order valence-electron chi connectivity index (χ4n) is 2.64. The molecule has 0 heterocycles. The van der Waals surface area contributed by atoms with E-state index in [1.54, 1.807) is 18.9 Å². The van der Waals surface area contributed by atoms with Crippen molar-refractivity contribution in [1.82, 2.24) is 4.90 Å². The van der Waals surface area contributed by atoms with Crippen LogP contribution in [0.4, 0.5) is 0 Å². The van der Waals surface area contributed by atoms with Gasteiger partial charge in [-0.15, -0.1) is 0 Å². The van der Waals surface area contributed by atoms with Crippen molar-refractivity contribution in [2.45, 2.75) is 45.1 Å². The molecule has 1 N–H and O–H groups in total. The molecule has 2 unspecified atom stereocenters. The van der Waals surface area contributed by atoms with Gasteiger partial charge in [0.05, 0.1) is 13.0 Å². The summed E-state index contributed by atoms with van der Waals surface area (Å²) in [6, 6.07) is 7.95. The van der Waals surface area contributed by atoms with E-state index < -0.39 is 11.9 Å². The minimum Gasteiger partial charge on any atom is -0.497 e. The smallest absolute Gasteiger partial charge is 0.308 e. The Balaban J connectivity index is 1.98. The van der Waals surface area contributed by atoms with Crippen LogP contribution in [0.3, 0.4) is 0 Å². The first-order valence-electron chi connectivity index (χ1n) is 8.08. The van der Waals surface area contributed by atoms with E-state index in [1.165, 1.54) is 0 Å². The maximum atomic E-state index is 12.6. The molecule has 0 bridgehead atoms. The summed E-state index contributed by atoms with van der Waals surface area (Å²) in [5.41, 5.74) is 1.08. The van der Waals surface area contributed by atoms with E-state index in [-0.39, 0.29) is 17.9 Å². The minimum absolute atomic E-state index is 0.0453. The van der Waals surface area contributed by atoms with Gasteiger partial charge < -0.3 is 14.7 Å². The van der Waals surface area contributed by atoms with Crippen molar-refractivity contribution in [2.24, 2.45) is 5.92 Å². The molecule has 1 amide bonds. The highest BCUT2D eigenvalue weighted by Crippen LogP contribution is 2.30. The number of benzene rings is 1. The number of methoxy groups -OCH3 is 1.